The topological polar surface area (TPSA) is 58.2 Å². The van der Waals surface area contributed by atoms with E-state index in [4.69, 9.17) is 0 Å². The summed E-state index contributed by atoms with van der Waals surface area (Å²) in [6, 6.07) is 0.0533. The molecule has 0 amide bonds. The Kier molecular flexibility index (Phi) is 10.6. The molecular formula is C14H32N2O2S. The van der Waals surface area contributed by atoms with Gasteiger partial charge in [0.25, 0.3) is 0 Å². The molecule has 4 nitrogen and oxygen atoms in total. The summed E-state index contributed by atoms with van der Waals surface area (Å²) in [7, 11) is -3.10. The number of unbranched alkanes of at least 4 members (excludes halogenated alkanes) is 1. The van der Waals surface area contributed by atoms with Crippen LogP contribution in [0.3, 0.4) is 0 Å². The van der Waals surface area contributed by atoms with Crippen molar-refractivity contribution in [2.45, 2.75) is 65.8 Å². The summed E-state index contributed by atoms with van der Waals surface area (Å²) in [5.41, 5.74) is 0. The Hall–Kier alpha value is -0.130. The van der Waals surface area contributed by atoms with E-state index >= 15 is 0 Å². The Morgan fingerprint density at radius 3 is 2.26 bits per heavy atom. The van der Waals surface area contributed by atoms with Gasteiger partial charge in [-0.2, -0.15) is 0 Å². The van der Waals surface area contributed by atoms with E-state index in [0.29, 0.717) is 5.92 Å². The standard InChI is InChI=1S/C14H32N2O2S/c1-5-15-11-6-7-12-19(17,18)16-14(4)10-8-9-13(2)3/h13-16H,5-12H2,1-4H3. The molecule has 0 radical (unpaired) electrons. The van der Waals surface area contributed by atoms with Crippen molar-refractivity contribution in [3.8, 4) is 0 Å². The predicted octanol–water partition coefficient (Wildman–Crippen LogP) is 2.51. The lowest BCUT2D eigenvalue weighted by Gasteiger charge is -2.14. The zero-order chi connectivity index (χ0) is 14.7. The molecule has 0 saturated heterocycles. The fourth-order valence-corrected chi connectivity index (χ4v) is 3.41. The van der Waals surface area contributed by atoms with Gasteiger partial charge in [-0.05, 0) is 45.2 Å². The molecule has 0 saturated carbocycles. The fraction of sp³-hybridized carbons (Fsp3) is 1.00. The smallest absolute Gasteiger partial charge is 0.211 e. The van der Waals surface area contributed by atoms with Crippen LogP contribution in [-0.4, -0.2) is 33.3 Å². The second kappa shape index (κ2) is 10.6. The zero-order valence-electron chi connectivity index (χ0n) is 13.0. The Labute approximate surface area is 119 Å². The highest BCUT2D eigenvalue weighted by molar-refractivity contribution is 7.89. The maximum absolute atomic E-state index is 11.8. The molecule has 0 spiro atoms. The van der Waals surface area contributed by atoms with Crippen LogP contribution in [0.5, 0.6) is 0 Å². The van der Waals surface area contributed by atoms with Crippen LogP contribution < -0.4 is 10.0 Å². The maximum atomic E-state index is 11.8. The van der Waals surface area contributed by atoms with E-state index in [2.05, 4.69) is 30.8 Å². The average Bonchev–Trinajstić information content (AvgIpc) is 2.27. The molecule has 116 valence electrons. The minimum Gasteiger partial charge on any atom is -0.317 e. The van der Waals surface area contributed by atoms with Crippen LogP contribution in [0.25, 0.3) is 0 Å². The molecule has 0 rings (SSSR count). The lowest BCUT2D eigenvalue weighted by molar-refractivity contribution is 0.487. The van der Waals surface area contributed by atoms with Gasteiger partial charge in [-0.15, -0.1) is 0 Å². The molecule has 0 bridgehead atoms. The number of hydrogen-bond acceptors (Lipinski definition) is 3. The van der Waals surface area contributed by atoms with Crippen LogP contribution in [0.1, 0.15) is 59.8 Å². The minimum atomic E-state index is -3.10. The van der Waals surface area contributed by atoms with E-state index in [1.807, 2.05) is 6.92 Å². The Morgan fingerprint density at radius 2 is 1.68 bits per heavy atom. The molecule has 19 heavy (non-hydrogen) atoms. The summed E-state index contributed by atoms with van der Waals surface area (Å²) in [4.78, 5) is 0. The average molecular weight is 292 g/mol. The van der Waals surface area contributed by atoms with Crippen molar-refractivity contribution in [3.63, 3.8) is 0 Å². The number of hydrogen-bond donors (Lipinski definition) is 2. The van der Waals surface area contributed by atoms with Gasteiger partial charge in [0.05, 0.1) is 5.75 Å². The first-order chi connectivity index (χ1) is 8.87. The van der Waals surface area contributed by atoms with Gasteiger partial charge in [0, 0.05) is 6.04 Å². The third-order valence-electron chi connectivity index (χ3n) is 3.07. The highest BCUT2D eigenvalue weighted by atomic mass is 32.2. The number of rotatable bonds is 12. The third kappa shape index (κ3) is 12.6. The highest BCUT2D eigenvalue weighted by Gasteiger charge is 2.13. The molecule has 1 atom stereocenters. The van der Waals surface area contributed by atoms with Gasteiger partial charge in [-0.1, -0.05) is 33.6 Å². The quantitative estimate of drug-likeness (QED) is 0.543. The zero-order valence-corrected chi connectivity index (χ0v) is 13.9. The summed E-state index contributed by atoms with van der Waals surface area (Å²) in [5.74, 6) is 0.933. The van der Waals surface area contributed by atoms with Gasteiger partial charge in [0.2, 0.25) is 10.0 Å². The molecule has 2 N–H and O–H groups in total. The molecule has 0 fully saturated rings. The van der Waals surface area contributed by atoms with Crippen molar-refractivity contribution in [1.29, 1.82) is 0 Å². The fourth-order valence-electron chi connectivity index (χ4n) is 1.98. The van der Waals surface area contributed by atoms with Crippen LogP contribution >= 0.6 is 0 Å². The van der Waals surface area contributed by atoms with Gasteiger partial charge in [-0.25, -0.2) is 13.1 Å². The van der Waals surface area contributed by atoms with E-state index in [1.165, 1.54) is 0 Å². The molecule has 0 aromatic carbocycles. The van der Waals surface area contributed by atoms with E-state index in [-0.39, 0.29) is 11.8 Å². The molecule has 0 aliphatic heterocycles. The lowest BCUT2D eigenvalue weighted by Crippen LogP contribution is -2.34. The van der Waals surface area contributed by atoms with Crippen molar-refractivity contribution in [2.75, 3.05) is 18.8 Å². The van der Waals surface area contributed by atoms with E-state index in [0.717, 1.165) is 45.2 Å². The summed E-state index contributed by atoms with van der Waals surface area (Å²) in [5, 5.41) is 3.20. The largest absolute Gasteiger partial charge is 0.317 e. The molecule has 5 heteroatoms. The van der Waals surface area contributed by atoms with Crippen LogP contribution in [0.4, 0.5) is 0 Å². The molecule has 0 heterocycles. The predicted molar refractivity (Wildman–Crippen MR) is 82.9 cm³/mol. The SMILES string of the molecule is CCNCCCCS(=O)(=O)NC(C)CCCC(C)C. The molecule has 0 aromatic rings. The third-order valence-corrected chi connectivity index (χ3v) is 4.65. The second-order valence-corrected chi connectivity index (χ2v) is 7.60. The first-order valence-electron chi connectivity index (χ1n) is 7.58. The van der Waals surface area contributed by atoms with Crippen molar-refractivity contribution < 1.29 is 8.42 Å². The van der Waals surface area contributed by atoms with Crippen molar-refractivity contribution in [2.24, 2.45) is 5.92 Å². The Morgan fingerprint density at radius 1 is 1.00 bits per heavy atom. The van der Waals surface area contributed by atoms with Crippen molar-refractivity contribution in [1.82, 2.24) is 10.0 Å². The highest BCUT2D eigenvalue weighted by Crippen LogP contribution is 2.09. The van der Waals surface area contributed by atoms with Gasteiger partial charge >= 0.3 is 0 Å². The summed E-state index contributed by atoms with van der Waals surface area (Å²) in [6.45, 7) is 10.2. The normalized spacial score (nSPS) is 13.9. The lowest BCUT2D eigenvalue weighted by atomic mass is 10.0. The summed E-state index contributed by atoms with van der Waals surface area (Å²) in [6.07, 6.45) is 4.81. The molecular weight excluding hydrogens is 260 g/mol. The van der Waals surface area contributed by atoms with Crippen molar-refractivity contribution in [3.05, 3.63) is 0 Å². The van der Waals surface area contributed by atoms with Gasteiger partial charge in [0.1, 0.15) is 0 Å². The molecule has 0 aliphatic carbocycles. The summed E-state index contributed by atoms with van der Waals surface area (Å²) < 4.78 is 26.5. The number of nitrogens with one attached hydrogen (secondary N) is 2. The first kappa shape index (κ1) is 18.9. The van der Waals surface area contributed by atoms with E-state index < -0.39 is 10.0 Å². The molecule has 0 aliphatic rings. The Bertz CT molecular complexity index is 303. The van der Waals surface area contributed by atoms with E-state index in [9.17, 15) is 8.42 Å². The molecule has 1 unspecified atom stereocenters. The van der Waals surface area contributed by atoms with Crippen LogP contribution in [0, 0.1) is 5.92 Å². The molecule has 0 aromatic heterocycles. The Balaban J connectivity index is 3.75. The van der Waals surface area contributed by atoms with Crippen LogP contribution in [0.15, 0.2) is 0 Å². The second-order valence-electron chi connectivity index (χ2n) is 5.72. The number of sulfonamides is 1. The monoisotopic (exact) mass is 292 g/mol. The van der Waals surface area contributed by atoms with Gasteiger partial charge in [-0.3, -0.25) is 0 Å². The van der Waals surface area contributed by atoms with Crippen molar-refractivity contribution >= 4 is 10.0 Å². The first-order valence-corrected chi connectivity index (χ1v) is 9.23. The van der Waals surface area contributed by atoms with Crippen LogP contribution in [0.2, 0.25) is 0 Å². The van der Waals surface area contributed by atoms with Crippen LogP contribution in [-0.2, 0) is 10.0 Å². The minimum absolute atomic E-state index is 0.0533. The maximum Gasteiger partial charge on any atom is 0.211 e. The van der Waals surface area contributed by atoms with Gasteiger partial charge < -0.3 is 5.32 Å². The van der Waals surface area contributed by atoms with E-state index in [1.54, 1.807) is 0 Å². The van der Waals surface area contributed by atoms with Gasteiger partial charge in [0.15, 0.2) is 0 Å². The summed E-state index contributed by atoms with van der Waals surface area (Å²) >= 11 is 0.